The molecular formula is C38H68N7O17P3S. The van der Waals surface area contributed by atoms with E-state index >= 15 is 0 Å². The number of phosphoric ester groups is 3. The number of aliphatic hydroxyl groups excluding tert-OH is 2. The number of anilines is 1. The van der Waals surface area contributed by atoms with E-state index in [1.807, 2.05) is 0 Å². The van der Waals surface area contributed by atoms with Crippen molar-refractivity contribution in [3.05, 3.63) is 12.7 Å². The number of aromatic nitrogens is 4. The topological polar surface area (TPSA) is 364 Å². The summed E-state index contributed by atoms with van der Waals surface area (Å²) in [6, 6.07) is 0. The van der Waals surface area contributed by atoms with Crippen LogP contribution in [0.5, 0.6) is 0 Å². The fourth-order valence-electron chi connectivity index (χ4n) is 6.78. The lowest BCUT2D eigenvalue weighted by Crippen LogP contribution is -2.46. The lowest BCUT2D eigenvalue weighted by atomic mass is 9.87. The molecule has 1 aliphatic rings. The van der Waals surface area contributed by atoms with Gasteiger partial charge in [0.05, 0.1) is 19.5 Å². The third kappa shape index (κ3) is 21.1. The Hall–Kier alpha value is -2.44. The molecule has 0 aliphatic carbocycles. The Kier molecular flexibility index (Phi) is 24.3. The van der Waals surface area contributed by atoms with Gasteiger partial charge in [0.15, 0.2) is 22.8 Å². The maximum atomic E-state index is 12.7. The molecule has 0 radical (unpaired) electrons. The molecule has 2 aromatic rings. The fraction of sp³-hybridized carbons (Fsp3) is 0.789. The van der Waals surface area contributed by atoms with Crippen LogP contribution in [0.1, 0.15) is 124 Å². The Morgan fingerprint density at radius 1 is 0.879 bits per heavy atom. The van der Waals surface area contributed by atoms with Gasteiger partial charge in [0.25, 0.3) is 0 Å². The van der Waals surface area contributed by atoms with Gasteiger partial charge in [-0.25, -0.2) is 28.6 Å². The highest BCUT2D eigenvalue weighted by Gasteiger charge is 2.50. The predicted octanol–water partition coefficient (Wildman–Crippen LogP) is 4.39. The van der Waals surface area contributed by atoms with E-state index in [1.54, 1.807) is 0 Å². The summed E-state index contributed by atoms with van der Waals surface area (Å²) in [5, 5.41) is 26.7. The average Bonchev–Trinajstić information content (AvgIpc) is 3.79. The number of carbonyl (C=O) groups is 3. The van der Waals surface area contributed by atoms with Crippen molar-refractivity contribution in [2.45, 2.75) is 148 Å². The van der Waals surface area contributed by atoms with E-state index in [1.165, 1.54) is 71.6 Å². The summed E-state index contributed by atoms with van der Waals surface area (Å²) >= 11 is 1.15. The van der Waals surface area contributed by atoms with Crippen LogP contribution < -0.4 is 16.4 Å². The molecule has 0 aromatic carbocycles. The lowest BCUT2D eigenvalue weighted by molar-refractivity contribution is -0.137. The number of hydrogen-bond acceptors (Lipinski definition) is 18. The molecular weight excluding hydrogens is 951 g/mol. The smallest absolute Gasteiger partial charge is 0.386 e. The van der Waals surface area contributed by atoms with Crippen LogP contribution >= 0.6 is 35.2 Å². The highest BCUT2D eigenvalue weighted by molar-refractivity contribution is 8.13. The number of amides is 2. The molecule has 1 aliphatic heterocycles. The zero-order valence-electron chi connectivity index (χ0n) is 37.8. The van der Waals surface area contributed by atoms with Crippen molar-refractivity contribution in [1.82, 2.24) is 30.2 Å². The first-order valence-corrected chi connectivity index (χ1v) is 27.5. The van der Waals surface area contributed by atoms with Crippen LogP contribution in [0, 0.1) is 11.3 Å². The number of rotatable bonds is 33. The van der Waals surface area contributed by atoms with Crippen molar-refractivity contribution in [1.29, 1.82) is 0 Å². The van der Waals surface area contributed by atoms with Crippen LogP contribution in [-0.2, 0) is 50.7 Å². The summed E-state index contributed by atoms with van der Waals surface area (Å²) < 4.78 is 62.4. The number of nitrogens with zero attached hydrogens (tertiary/aromatic N) is 4. The molecule has 0 spiro atoms. The van der Waals surface area contributed by atoms with E-state index < -0.39 is 84.6 Å². The number of hydrogen-bond donors (Lipinski definition) is 9. The number of thioether (sulfide) groups is 1. The quantitative estimate of drug-likeness (QED) is 0.0353. The van der Waals surface area contributed by atoms with Gasteiger partial charge in [-0.05, 0) is 12.3 Å². The fourth-order valence-corrected chi connectivity index (χ4v) is 10.3. The highest BCUT2D eigenvalue weighted by Crippen LogP contribution is 2.61. The molecule has 28 heteroatoms. The number of ether oxygens (including phenoxy) is 1. The summed E-state index contributed by atoms with van der Waals surface area (Å²) in [6.45, 7) is 5.12. The molecule has 66 heavy (non-hydrogen) atoms. The molecule has 3 heterocycles. The summed E-state index contributed by atoms with van der Waals surface area (Å²) in [7, 11) is -16.4. The van der Waals surface area contributed by atoms with Crippen LogP contribution in [0.15, 0.2) is 12.7 Å². The molecule has 0 saturated carbocycles. The number of nitrogens with two attached hydrogens (primary N) is 1. The van der Waals surface area contributed by atoms with E-state index in [-0.39, 0.29) is 41.6 Å². The molecule has 1 fully saturated rings. The van der Waals surface area contributed by atoms with Gasteiger partial charge in [-0.1, -0.05) is 110 Å². The lowest BCUT2D eigenvalue weighted by Gasteiger charge is -2.30. The molecule has 10 N–H and O–H groups in total. The van der Waals surface area contributed by atoms with E-state index in [2.05, 4.69) is 48.3 Å². The number of carbonyl (C=O) groups excluding carboxylic acids is 3. The first-order chi connectivity index (χ1) is 30.9. The molecule has 24 nitrogen and oxygen atoms in total. The Balaban J connectivity index is 1.31. The minimum absolute atomic E-state index is 0.0337. The molecule has 0 bridgehead atoms. The van der Waals surface area contributed by atoms with Gasteiger partial charge in [0, 0.05) is 37.1 Å². The van der Waals surface area contributed by atoms with Gasteiger partial charge in [0.1, 0.15) is 36.3 Å². The first kappa shape index (κ1) is 57.9. The minimum Gasteiger partial charge on any atom is -0.386 e. The van der Waals surface area contributed by atoms with Crippen LogP contribution in [0.2, 0.25) is 0 Å². The molecule has 2 amide bonds. The molecule has 2 unspecified atom stereocenters. The zero-order valence-corrected chi connectivity index (χ0v) is 41.3. The second kappa shape index (κ2) is 27.7. The summed E-state index contributed by atoms with van der Waals surface area (Å²) in [5.74, 6) is -0.232. The first-order valence-electron chi connectivity index (χ1n) is 22.0. The van der Waals surface area contributed by atoms with Gasteiger partial charge in [-0.15, -0.1) is 0 Å². The standard InChI is InChI=1S/C38H68N7O17P3S/c1-26(2)16-14-12-10-8-6-5-7-9-11-13-15-17-29(47)66-21-20-40-28(46)18-19-41-36(50)33(49)38(3,4)23-59-65(56,57)62-64(54,55)58-22-27-32(61-63(51,52)53)31(48)37(60-27)45-25-44-30-34(39)42-24-43-35(30)45/h24-27,31-33,37,48-49H,5-23H2,1-4H3,(H,40,46)(H,41,50)(H,54,55)(H,56,57)(H2,39,42,43)(H2,51,52,53)/t27-,31-,32-,33+,37-/m1/s1. The summed E-state index contributed by atoms with van der Waals surface area (Å²) in [6.07, 6.45) is 8.18. The van der Waals surface area contributed by atoms with Gasteiger partial charge in [-0.3, -0.25) is 32.5 Å². The highest BCUT2D eigenvalue weighted by atomic mass is 32.2. The minimum atomic E-state index is -5.57. The number of unbranched alkanes of at least 4 members (excludes halogenated alkanes) is 10. The largest absolute Gasteiger partial charge is 0.481 e. The van der Waals surface area contributed by atoms with Crippen molar-refractivity contribution >= 4 is 69.1 Å². The molecule has 1 saturated heterocycles. The van der Waals surface area contributed by atoms with E-state index in [0.717, 1.165) is 54.2 Å². The second-order valence-corrected chi connectivity index (χ2v) is 22.5. The van der Waals surface area contributed by atoms with E-state index in [9.17, 15) is 57.9 Å². The van der Waals surface area contributed by atoms with Crippen LogP contribution in [-0.4, -0.2) is 123 Å². The van der Waals surface area contributed by atoms with Gasteiger partial charge < -0.3 is 50.9 Å². The van der Waals surface area contributed by atoms with Crippen molar-refractivity contribution in [3.8, 4) is 0 Å². The van der Waals surface area contributed by atoms with Gasteiger partial charge in [-0.2, -0.15) is 4.31 Å². The predicted molar refractivity (Wildman–Crippen MR) is 242 cm³/mol. The van der Waals surface area contributed by atoms with Crippen LogP contribution in [0.3, 0.4) is 0 Å². The second-order valence-electron chi connectivity index (χ2n) is 17.1. The summed E-state index contributed by atoms with van der Waals surface area (Å²) in [5.41, 5.74) is 4.29. The SMILES string of the molecule is CC(C)CCCCCCCCCCCCCC(=O)SCCNC(=O)CCNC(=O)[C@H](O)C(C)(C)COP(=O)(O)OP(=O)(O)OC[C@H]1O[C@@H](n2cnc3c(N)ncnc32)[C@H](O)[C@@H]1OP(=O)(O)O. The van der Waals surface area contributed by atoms with Crippen molar-refractivity contribution in [2.75, 3.05) is 37.8 Å². The number of nitrogens with one attached hydrogen (secondary N) is 2. The van der Waals surface area contributed by atoms with Crippen LogP contribution in [0.25, 0.3) is 11.2 Å². The van der Waals surface area contributed by atoms with Gasteiger partial charge in [0.2, 0.25) is 11.8 Å². The Morgan fingerprint density at radius 2 is 1.48 bits per heavy atom. The van der Waals surface area contributed by atoms with E-state index in [4.69, 9.17) is 19.5 Å². The Labute approximate surface area is 388 Å². The maximum Gasteiger partial charge on any atom is 0.481 e. The van der Waals surface area contributed by atoms with Gasteiger partial charge >= 0.3 is 23.5 Å². The maximum absolute atomic E-state index is 12.7. The van der Waals surface area contributed by atoms with Crippen molar-refractivity contribution in [3.63, 3.8) is 0 Å². The summed E-state index contributed by atoms with van der Waals surface area (Å²) in [4.78, 5) is 88.3. The Bertz CT molecular complexity index is 1990. The number of phosphoric acid groups is 3. The normalized spacial score (nSPS) is 20.3. The number of imidazole rings is 1. The number of aliphatic hydroxyl groups is 2. The Morgan fingerprint density at radius 3 is 2.11 bits per heavy atom. The van der Waals surface area contributed by atoms with Crippen molar-refractivity contribution < 1.29 is 80.5 Å². The average molecular weight is 1020 g/mol. The molecule has 7 atom stereocenters. The van der Waals surface area contributed by atoms with Crippen molar-refractivity contribution in [2.24, 2.45) is 11.3 Å². The third-order valence-electron chi connectivity index (χ3n) is 10.4. The molecule has 3 rings (SSSR count). The third-order valence-corrected chi connectivity index (χ3v) is 14.5. The monoisotopic (exact) mass is 1020 g/mol. The molecule has 378 valence electrons. The van der Waals surface area contributed by atoms with Crippen LogP contribution in [0.4, 0.5) is 5.82 Å². The zero-order chi connectivity index (χ0) is 49.1. The number of nitrogen functional groups attached to an aromatic ring is 1. The van der Waals surface area contributed by atoms with E-state index in [0.29, 0.717) is 12.2 Å². The number of fused-ring (bicyclic) bond motifs is 1. The molecule has 2 aromatic heterocycles.